The van der Waals surface area contributed by atoms with Crippen molar-refractivity contribution in [2.45, 2.75) is 44.2 Å². The highest BCUT2D eigenvalue weighted by atomic mass is 35.5. The normalized spacial score (nSPS) is 20.1. The first-order valence-electron chi connectivity index (χ1n) is 5.61. The lowest BCUT2D eigenvalue weighted by molar-refractivity contribution is 0.107. The van der Waals surface area contributed by atoms with E-state index in [9.17, 15) is 4.39 Å². The molecule has 0 nitrogen and oxygen atoms in total. The van der Waals surface area contributed by atoms with Crippen LogP contribution < -0.4 is 0 Å². The Morgan fingerprint density at radius 1 is 1.20 bits per heavy atom. The number of hydrogen-bond donors (Lipinski definition) is 0. The van der Waals surface area contributed by atoms with Gasteiger partial charge in [0.2, 0.25) is 0 Å². The van der Waals surface area contributed by atoms with Crippen molar-refractivity contribution in [2.75, 3.05) is 0 Å². The summed E-state index contributed by atoms with van der Waals surface area (Å²) in [4.78, 5) is 0. The lowest BCUT2D eigenvalue weighted by Gasteiger charge is -2.29. The Morgan fingerprint density at radius 2 is 1.93 bits per heavy atom. The molecule has 0 saturated heterocycles. The van der Waals surface area contributed by atoms with E-state index in [1.54, 1.807) is 0 Å². The van der Waals surface area contributed by atoms with Crippen molar-refractivity contribution in [3.8, 4) is 0 Å². The van der Waals surface area contributed by atoms with Crippen molar-refractivity contribution in [1.82, 2.24) is 0 Å². The fourth-order valence-corrected chi connectivity index (χ4v) is 2.59. The van der Waals surface area contributed by atoms with E-state index in [1.165, 1.54) is 6.42 Å². The van der Waals surface area contributed by atoms with E-state index in [0.29, 0.717) is 24.3 Å². The van der Waals surface area contributed by atoms with Crippen LogP contribution in [0.4, 0.5) is 4.39 Å². The van der Waals surface area contributed by atoms with E-state index >= 15 is 0 Å². The average molecular weight is 227 g/mol. The summed E-state index contributed by atoms with van der Waals surface area (Å²) in [5, 5.41) is 0.701. The molecule has 1 aromatic carbocycles. The van der Waals surface area contributed by atoms with Gasteiger partial charge >= 0.3 is 0 Å². The van der Waals surface area contributed by atoms with Gasteiger partial charge in [-0.25, -0.2) is 4.39 Å². The topological polar surface area (TPSA) is 0 Å². The summed E-state index contributed by atoms with van der Waals surface area (Å²) in [5.41, 5.74) is 0.0371. The van der Waals surface area contributed by atoms with Crippen molar-refractivity contribution in [1.29, 1.82) is 0 Å². The summed E-state index contributed by atoms with van der Waals surface area (Å²) < 4.78 is 14.3. The van der Waals surface area contributed by atoms with E-state index in [-0.39, 0.29) is 0 Å². The van der Waals surface area contributed by atoms with Crippen molar-refractivity contribution < 1.29 is 4.39 Å². The zero-order valence-electron chi connectivity index (χ0n) is 8.81. The standard InChI is InChI=1S/C13H16ClF/c14-12-6-4-5-11(9-12)10-13(15)7-2-1-3-8-13/h4-6,9H,1-3,7-8,10H2. The summed E-state index contributed by atoms with van der Waals surface area (Å²) in [6.45, 7) is 0. The van der Waals surface area contributed by atoms with Gasteiger partial charge in [-0.2, -0.15) is 0 Å². The molecular weight excluding hydrogens is 211 g/mol. The predicted molar refractivity (Wildman–Crippen MR) is 62.1 cm³/mol. The van der Waals surface area contributed by atoms with Gasteiger partial charge in [0, 0.05) is 11.4 Å². The Hall–Kier alpha value is -0.560. The van der Waals surface area contributed by atoms with Crippen LogP contribution in [0.5, 0.6) is 0 Å². The molecule has 1 saturated carbocycles. The van der Waals surface area contributed by atoms with Gasteiger partial charge in [-0.15, -0.1) is 0 Å². The van der Waals surface area contributed by atoms with Crippen LogP contribution in [0.25, 0.3) is 0 Å². The van der Waals surface area contributed by atoms with Crippen LogP contribution in [0.2, 0.25) is 5.02 Å². The summed E-state index contributed by atoms with van der Waals surface area (Å²) >= 11 is 5.89. The first kappa shape index (κ1) is 10.9. The highest BCUT2D eigenvalue weighted by molar-refractivity contribution is 6.30. The molecule has 0 radical (unpaired) electrons. The Bertz CT molecular complexity index is 329. The summed E-state index contributed by atoms with van der Waals surface area (Å²) in [5.74, 6) is 0. The fourth-order valence-electron chi connectivity index (χ4n) is 2.37. The number of alkyl halides is 1. The quantitative estimate of drug-likeness (QED) is 0.694. The van der Waals surface area contributed by atoms with Crippen molar-refractivity contribution in [3.63, 3.8) is 0 Å². The molecule has 0 N–H and O–H groups in total. The molecule has 1 aliphatic rings. The maximum absolute atomic E-state index is 14.3. The van der Waals surface area contributed by atoms with Crippen molar-refractivity contribution in [2.24, 2.45) is 0 Å². The molecule has 2 heteroatoms. The minimum Gasteiger partial charge on any atom is -0.244 e. The summed E-state index contributed by atoms with van der Waals surface area (Å²) in [6, 6.07) is 7.56. The van der Waals surface area contributed by atoms with Gasteiger partial charge in [-0.1, -0.05) is 43.0 Å². The Kier molecular flexibility index (Phi) is 3.30. The highest BCUT2D eigenvalue weighted by Gasteiger charge is 2.31. The van der Waals surface area contributed by atoms with Crippen LogP contribution in [-0.2, 0) is 6.42 Å². The third-order valence-electron chi connectivity index (χ3n) is 3.16. The SMILES string of the molecule is FC1(Cc2cccc(Cl)c2)CCCCC1. The molecule has 0 heterocycles. The van der Waals surface area contributed by atoms with Gasteiger partial charge < -0.3 is 0 Å². The van der Waals surface area contributed by atoms with Gasteiger partial charge in [0.15, 0.2) is 0 Å². The molecule has 1 aliphatic carbocycles. The summed E-state index contributed by atoms with van der Waals surface area (Å²) in [7, 11) is 0. The zero-order valence-corrected chi connectivity index (χ0v) is 9.56. The van der Waals surface area contributed by atoms with Crippen LogP contribution in [0, 0.1) is 0 Å². The molecule has 0 amide bonds. The first-order chi connectivity index (χ1) is 7.18. The smallest absolute Gasteiger partial charge is 0.115 e. The van der Waals surface area contributed by atoms with Gasteiger partial charge in [-0.3, -0.25) is 0 Å². The Morgan fingerprint density at radius 3 is 2.60 bits per heavy atom. The number of benzene rings is 1. The van der Waals surface area contributed by atoms with Crippen LogP contribution >= 0.6 is 11.6 Å². The first-order valence-corrected chi connectivity index (χ1v) is 5.99. The molecule has 0 unspecified atom stereocenters. The van der Waals surface area contributed by atoms with E-state index in [1.807, 2.05) is 24.3 Å². The molecule has 82 valence electrons. The fraction of sp³-hybridized carbons (Fsp3) is 0.538. The monoisotopic (exact) mass is 226 g/mol. The van der Waals surface area contributed by atoms with Crippen molar-refractivity contribution >= 4 is 11.6 Å². The van der Waals surface area contributed by atoms with Crippen LogP contribution in [0.1, 0.15) is 37.7 Å². The van der Waals surface area contributed by atoms with E-state index < -0.39 is 5.67 Å². The predicted octanol–water partition coefficient (Wildman–Crippen LogP) is 4.55. The molecule has 0 spiro atoms. The van der Waals surface area contributed by atoms with E-state index in [0.717, 1.165) is 18.4 Å². The average Bonchev–Trinajstić information content (AvgIpc) is 2.18. The minimum atomic E-state index is -0.983. The third-order valence-corrected chi connectivity index (χ3v) is 3.39. The molecule has 15 heavy (non-hydrogen) atoms. The molecule has 1 aromatic rings. The number of hydrogen-bond acceptors (Lipinski definition) is 0. The lowest BCUT2D eigenvalue weighted by Crippen LogP contribution is -2.28. The van der Waals surface area contributed by atoms with Gasteiger partial charge in [0.1, 0.15) is 5.67 Å². The molecule has 0 aliphatic heterocycles. The van der Waals surface area contributed by atoms with Gasteiger partial charge in [0.05, 0.1) is 0 Å². The second-order valence-electron chi connectivity index (χ2n) is 4.52. The number of halogens is 2. The van der Waals surface area contributed by atoms with Gasteiger partial charge in [-0.05, 0) is 30.5 Å². The minimum absolute atomic E-state index is 0.521. The Labute approximate surface area is 95.4 Å². The molecule has 2 rings (SSSR count). The molecular formula is C13H16ClF. The second-order valence-corrected chi connectivity index (χ2v) is 4.95. The van der Waals surface area contributed by atoms with Crippen LogP contribution in [0.3, 0.4) is 0 Å². The van der Waals surface area contributed by atoms with E-state index in [4.69, 9.17) is 11.6 Å². The molecule has 0 bridgehead atoms. The maximum atomic E-state index is 14.3. The Balaban J connectivity index is 2.06. The molecule has 1 fully saturated rings. The molecule has 0 aromatic heterocycles. The number of rotatable bonds is 2. The van der Waals surface area contributed by atoms with E-state index in [2.05, 4.69) is 0 Å². The summed E-state index contributed by atoms with van der Waals surface area (Å²) in [6.07, 6.45) is 5.17. The second kappa shape index (κ2) is 4.52. The van der Waals surface area contributed by atoms with Gasteiger partial charge in [0.25, 0.3) is 0 Å². The van der Waals surface area contributed by atoms with Crippen LogP contribution in [-0.4, -0.2) is 5.67 Å². The zero-order chi connectivity index (χ0) is 10.7. The third kappa shape index (κ3) is 2.94. The lowest BCUT2D eigenvalue weighted by atomic mass is 9.82. The van der Waals surface area contributed by atoms with Crippen LogP contribution in [0.15, 0.2) is 24.3 Å². The molecule has 0 atom stereocenters. The van der Waals surface area contributed by atoms with Crippen molar-refractivity contribution in [3.05, 3.63) is 34.9 Å². The maximum Gasteiger partial charge on any atom is 0.115 e. The largest absolute Gasteiger partial charge is 0.244 e. The highest BCUT2D eigenvalue weighted by Crippen LogP contribution is 2.34.